The summed E-state index contributed by atoms with van der Waals surface area (Å²) in [6.45, 7) is 5.19. The maximum Gasteiger partial charge on any atom is 0.352 e. The normalized spacial score (nSPS) is 10.5. The van der Waals surface area contributed by atoms with Crippen LogP contribution in [0.2, 0.25) is 0 Å². The third-order valence-corrected chi connectivity index (χ3v) is 4.25. The number of carbonyl (C=O) groups is 2. The molecule has 0 fully saturated rings. The third kappa shape index (κ3) is 2.85. The van der Waals surface area contributed by atoms with Crippen LogP contribution in [0.15, 0.2) is 22.7 Å². The number of hydrogen-bond donors (Lipinski definition) is 3. The van der Waals surface area contributed by atoms with E-state index in [0.29, 0.717) is 22.5 Å². The Morgan fingerprint density at radius 3 is 2.43 bits per heavy atom. The molecule has 6 heteroatoms. The molecule has 3 N–H and O–H groups in total. The van der Waals surface area contributed by atoms with Crippen molar-refractivity contribution >= 4 is 33.5 Å². The van der Waals surface area contributed by atoms with Crippen LogP contribution in [0.5, 0.6) is 0 Å². The van der Waals surface area contributed by atoms with Gasteiger partial charge in [0.25, 0.3) is 5.91 Å². The molecule has 0 aliphatic heterocycles. The summed E-state index contributed by atoms with van der Waals surface area (Å²) in [5.41, 5.74) is 2.98. The summed E-state index contributed by atoms with van der Waals surface area (Å²) in [5, 5.41) is 11.9. The smallest absolute Gasteiger partial charge is 0.352 e. The van der Waals surface area contributed by atoms with Gasteiger partial charge in [-0.25, -0.2) is 4.79 Å². The van der Waals surface area contributed by atoms with Crippen LogP contribution >= 0.6 is 15.9 Å². The molecule has 0 saturated carbocycles. The van der Waals surface area contributed by atoms with Crippen molar-refractivity contribution in [3.05, 3.63) is 50.8 Å². The number of hydrogen-bond acceptors (Lipinski definition) is 2. The second kappa shape index (κ2) is 5.73. The van der Waals surface area contributed by atoms with E-state index in [2.05, 4.69) is 26.2 Å². The van der Waals surface area contributed by atoms with Gasteiger partial charge in [0.15, 0.2) is 0 Å². The molecule has 1 amide bonds. The van der Waals surface area contributed by atoms with Crippen LogP contribution in [-0.2, 0) is 0 Å². The number of aryl methyl sites for hydroxylation is 1. The molecule has 0 bridgehead atoms. The SMILES string of the molecule is Cc1[nH]c(C(=O)O)c(C)c1C(=O)Nc1cccc(Br)c1C. The zero-order chi connectivity index (χ0) is 15.7. The lowest BCUT2D eigenvalue weighted by atomic mass is 10.1. The number of H-pyrrole nitrogens is 1. The number of aromatic carboxylic acids is 1. The van der Waals surface area contributed by atoms with Crippen LogP contribution in [-0.4, -0.2) is 22.0 Å². The van der Waals surface area contributed by atoms with Crippen LogP contribution in [0, 0.1) is 20.8 Å². The van der Waals surface area contributed by atoms with Gasteiger partial charge in [-0.05, 0) is 44.0 Å². The number of carboxylic acid groups (broad SMARTS) is 1. The number of halogens is 1. The summed E-state index contributed by atoms with van der Waals surface area (Å²) < 4.78 is 0.897. The zero-order valence-corrected chi connectivity index (χ0v) is 13.5. The first-order chi connectivity index (χ1) is 9.82. The number of nitrogens with one attached hydrogen (secondary N) is 2. The third-order valence-electron chi connectivity index (χ3n) is 3.39. The maximum absolute atomic E-state index is 12.4. The number of aromatic amines is 1. The van der Waals surface area contributed by atoms with E-state index < -0.39 is 5.97 Å². The summed E-state index contributed by atoms with van der Waals surface area (Å²) >= 11 is 3.41. The van der Waals surface area contributed by atoms with Gasteiger partial charge in [-0.3, -0.25) is 4.79 Å². The summed E-state index contributed by atoms with van der Waals surface area (Å²) in [6, 6.07) is 5.51. The molecule has 21 heavy (non-hydrogen) atoms. The van der Waals surface area contributed by atoms with Crippen LogP contribution in [0.1, 0.15) is 37.7 Å². The number of rotatable bonds is 3. The molecule has 0 atom stereocenters. The lowest BCUT2D eigenvalue weighted by molar-refractivity contribution is 0.0690. The molecular formula is C15H15BrN2O3. The number of benzene rings is 1. The summed E-state index contributed by atoms with van der Waals surface area (Å²) in [7, 11) is 0. The molecular weight excluding hydrogens is 336 g/mol. The van der Waals surface area contributed by atoms with Gasteiger partial charge in [0.05, 0.1) is 5.56 Å². The van der Waals surface area contributed by atoms with Gasteiger partial charge in [0.2, 0.25) is 0 Å². The highest BCUT2D eigenvalue weighted by molar-refractivity contribution is 9.10. The maximum atomic E-state index is 12.4. The van der Waals surface area contributed by atoms with E-state index >= 15 is 0 Å². The number of carboxylic acids is 1. The van der Waals surface area contributed by atoms with Crippen molar-refractivity contribution in [1.29, 1.82) is 0 Å². The average Bonchev–Trinajstić information content (AvgIpc) is 2.70. The Labute approximate surface area is 130 Å². The van der Waals surface area contributed by atoms with E-state index in [4.69, 9.17) is 5.11 Å². The molecule has 1 aromatic carbocycles. The molecule has 2 rings (SSSR count). The number of anilines is 1. The van der Waals surface area contributed by atoms with Crippen LogP contribution in [0.3, 0.4) is 0 Å². The average molecular weight is 351 g/mol. The lowest BCUT2D eigenvalue weighted by Crippen LogP contribution is -2.14. The number of carbonyl (C=O) groups excluding carboxylic acids is 1. The first kappa shape index (κ1) is 15.3. The van der Waals surface area contributed by atoms with Crippen molar-refractivity contribution in [2.75, 3.05) is 5.32 Å². The fourth-order valence-corrected chi connectivity index (χ4v) is 2.60. The van der Waals surface area contributed by atoms with Crippen LogP contribution in [0.25, 0.3) is 0 Å². The molecule has 0 spiro atoms. The number of amides is 1. The zero-order valence-electron chi connectivity index (χ0n) is 11.9. The molecule has 0 saturated heterocycles. The van der Waals surface area contributed by atoms with Crippen molar-refractivity contribution in [2.45, 2.75) is 20.8 Å². The van der Waals surface area contributed by atoms with Crippen molar-refractivity contribution in [3.8, 4) is 0 Å². The van der Waals surface area contributed by atoms with E-state index in [1.165, 1.54) is 0 Å². The van der Waals surface area contributed by atoms with Gasteiger partial charge in [-0.1, -0.05) is 22.0 Å². The first-order valence-electron chi connectivity index (χ1n) is 6.31. The Kier molecular flexibility index (Phi) is 4.18. The van der Waals surface area contributed by atoms with Gasteiger partial charge in [0, 0.05) is 15.9 Å². The highest BCUT2D eigenvalue weighted by Crippen LogP contribution is 2.25. The van der Waals surface area contributed by atoms with E-state index in [0.717, 1.165) is 10.0 Å². The van der Waals surface area contributed by atoms with E-state index in [1.807, 2.05) is 19.1 Å². The molecule has 0 radical (unpaired) electrons. The predicted octanol–water partition coefficient (Wildman–Crippen LogP) is 3.65. The Bertz CT molecular complexity index is 735. The topological polar surface area (TPSA) is 82.2 Å². The minimum absolute atomic E-state index is 0.0450. The summed E-state index contributed by atoms with van der Waals surface area (Å²) in [6.07, 6.45) is 0. The van der Waals surface area contributed by atoms with Crippen molar-refractivity contribution < 1.29 is 14.7 Å². The predicted molar refractivity (Wildman–Crippen MR) is 84.1 cm³/mol. The highest BCUT2D eigenvalue weighted by atomic mass is 79.9. The van der Waals surface area contributed by atoms with Gasteiger partial charge >= 0.3 is 5.97 Å². The first-order valence-corrected chi connectivity index (χ1v) is 7.11. The Morgan fingerprint density at radius 2 is 1.86 bits per heavy atom. The summed E-state index contributed by atoms with van der Waals surface area (Å²) in [5.74, 6) is -1.40. The fraction of sp³-hybridized carbons (Fsp3) is 0.200. The van der Waals surface area contributed by atoms with E-state index in [9.17, 15) is 9.59 Å². The molecule has 2 aromatic rings. The molecule has 5 nitrogen and oxygen atoms in total. The van der Waals surface area contributed by atoms with Crippen molar-refractivity contribution in [2.24, 2.45) is 0 Å². The Balaban J connectivity index is 2.38. The number of aromatic nitrogens is 1. The monoisotopic (exact) mass is 350 g/mol. The second-order valence-corrected chi connectivity index (χ2v) is 5.65. The molecule has 0 aliphatic rings. The molecule has 110 valence electrons. The molecule has 1 aromatic heterocycles. The van der Waals surface area contributed by atoms with Gasteiger partial charge in [0.1, 0.15) is 5.69 Å². The van der Waals surface area contributed by atoms with Gasteiger partial charge < -0.3 is 15.4 Å². The largest absolute Gasteiger partial charge is 0.477 e. The summed E-state index contributed by atoms with van der Waals surface area (Å²) in [4.78, 5) is 26.2. The van der Waals surface area contributed by atoms with Crippen molar-refractivity contribution in [3.63, 3.8) is 0 Å². The molecule has 0 aliphatic carbocycles. The van der Waals surface area contributed by atoms with E-state index in [-0.39, 0.29) is 11.6 Å². The fourth-order valence-electron chi connectivity index (χ4n) is 2.23. The Morgan fingerprint density at radius 1 is 1.19 bits per heavy atom. The lowest BCUT2D eigenvalue weighted by Gasteiger charge is -2.10. The minimum atomic E-state index is -1.08. The molecule has 0 unspecified atom stereocenters. The van der Waals surface area contributed by atoms with Gasteiger partial charge in [-0.15, -0.1) is 0 Å². The van der Waals surface area contributed by atoms with Crippen molar-refractivity contribution in [1.82, 2.24) is 4.98 Å². The Hall–Kier alpha value is -2.08. The second-order valence-electron chi connectivity index (χ2n) is 4.80. The van der Waals surface area contributed by atoms with Crippen LogP contribution in [0.4, 0.5) is 5.69 Å². The standard InChI is InChI=1S/C15H15BrN2O3/c1-7-10(16)5-4-6-11(7)18-14(19)12-8(2)13(15(20)21)17-9(12)3/h4-6,17H,1-3H3,(H,18,19)(H,20,21). The quantitative estimate of drug-likeness (QED) is 0.789. The highest BCUT2D eigenvalue weighted by Gasteiger charge is 2.22. The van der Waals surface area contributed by atoms with Crippen LogP contribution < -0.4 is 5.32 Å². The van der Waals surface area contributed by atoms with Gasteiger partial charge in [-0.2, -0.15) is 0 Å². The minimum Gasteiger partial charge on any atom is -0.477 e. The molecule has 1 heterocycles. The van der Waals surface area contributed by atoms with E-state index in [1.54, 1.807) is 19.9 Å².